The summed E-state index contributed by atoms with van der Waals surface area (Å²) in [5.74, 6) is 0. The molecule has 34 heavy (non-hydrogen) atoms. The van der Waals surface area contributed by atoms with Gasteiger partial charge >= 0.3 is 0 Å². The second kappa shape index (κ2) is 24.1. The summed E-state index contributed by atoms with van der Waals surface area (Å²) in [4.78, 5) is 5.34. The molecule has 0 saturated heterocycles. The molecule has 1 aliphatic heterocycles. The van der Waals surface area contributed by atoms with Crippen LogP contribution >= 0.6 is 0 Å². The van der Waals surface area contributed by atoms with E-state index in [9.17, 15) is 0 Å². The Morgan fingerprint density at radius 3 is 1.03 bits per heavy atom. The Hall–Kier alpha value is -0.660. The van der Waals surface area contributed by atoms with Crippen LogP contribution in [0.1, 0.15) is 175 Å². The highest BCUT2D eigenvalue weighted by Gasteiger charge is 2.24. The summed E-state index contributed by atoms with van der Waals surface area (Å²) in [6.45, 7) is 9.46. The van der Waals surface area contributed by atoms with E-state index in [0.29, 0.717) is 6.17 Å². The lowest BCUT2D eigenvalue weighted by Crippen LogP contribution is -2.39. The molecule has 0 bridgehead atoms. The minimum absolute atomic E-state index is 0.643. The molecular formula is C32H64N2. The van der Waals surface area contributed by atoms with Crippen LogP contribution in [0.5, 0.6) is 0 Å². The van der Waals surface area contributed by atoms with E-state index < -0.39 is 0 Å². The van der Waals surface area contributed by atoms with Crippen LogP contribution in [-0.4, -0.2) is 29.1 Å². The highest BCUT2D eigenvalue weighted by Crippen LogP contribution is 2.23. The van der Waals surface area contributed by atoms with Crippen molar-refractivity contribution >= 4 is 0 Å². The molecule has 0 N–H and O–H groups in total. The van der Waals surface area contributed by atoms with Gasteiger partial charge in [0.1, 0.15) is 6.17 Å². The molecule has 0 spiro atoms. The standard InChI is InChI=1S/C32H64N2/c1-4-7-10-12-14-15-16-17-18-19-20-21-23-26-29-34-31-30-33(32(34)27-24-9-6-3)28-25-22-13-11-8-5-2/h30-32H,4-29H2,1-3H3. The van der Waals surface area contributed by atoms with Crippen molar-refractivity contribution in [3.63, 3.8) is 0 Å². The van der Waals surface area contributed by atoms with Gasteiger partial charge in [-0.05, 0) is 25.7 Å². The van der Waals surface area contributed by atoms with Crippen molar-refractivity contribution in [3.8, 4) is 0 Å². The number of rotatable bonds is 26. The predicted molar refractivity (Wildman–Crippen MR) is 154 cm³/mol. The zero-order valence-electron chi connectivity index (χ0n) is 24.0. The predicted octanol–water partition coefficient (Wildman–Crippen LogP) is 10.8. The summed E-state index contributed by atoms with van der Waals surface area (Å²) in [5.41, 5.74) is 0. The highest BCUT2D eigenvalue weighted by molar-refractivity contribution is 4.96. The average Bonchev–Trinajstić information content (AvgIpc) is 3.23. The lowest BCUT2D eigenvalue weighted by molar-refractivity contribution is 0.135. The van der Waals surface area contributed by atoms with Crippen molar-refractivity contribution in [2.45, 2.75) is 181 Å². The molecule has 0 aromatic heterocycles. The third kappa shape index (κ3) is 16.9. The van der Waals surface area contributed by atoms with Gasteiger partial charge in [-0.15, -0.1) is 0 Å². The van der Waals surface area contributed by atoms with E-state index in [1.165, 1.54) is 167 Å². The monoisotopic (exact) mass is 477 g/mol. The van der Waals surface area contributed by atoms with Crippen molar-refractivity contribution in [2.24, 2.45) is 0 Å². The first-order chi connectivity index (χ1) is 16.8. The molecule has 0 fully saturated rings. The Morgan fingerprint density at radius 1 is 0.382 bits per heavy atom. The van der Waals surface area contributed by atoms with Gasteiger partial charge in [-0.25, -0.2) is 0 Å². The molecule has 0 aromatic rings. The quantitative estimate of drug-likeness (QED) is 0.114. The molecule has 1 aliphatic rings. The van der Waals surface area contributed by atoms with Gasteiger partial charge in [0.15, 0.2) is 0 Å². The van der Waals surface area contributed by atoms with E-state index in [-0.39, 0.29) is 0 Å². The maximum atomic E-state index is 2.67. The summed E-state index contributed by atoms with van der Waals surface area (Å²) in [7, 11) is 0. The fourth-order valence-electron chi connectivity index (χ4n) is 5.48. The molecule has 0 radical (unpaired) electrons. The molecule has 2 heteroatoms. The zero-order chi connectivity index (χ0) is 24.5. The Bertz CT molecular complexity index is 433. The first-order valence-electron chi connectivity index (χ1n) is 16.0. The largest absolute Gasteiger partial charge is 0.356 e. The maximum absolute atomic E-state index is 2.67. The Balaban J connectivity index is 2.07. The van der Waals surface area contributed by atoms with E-state index >= 15 is 0 Å². The Labute approximate surface area is 216 Å². The lowest BCUT2D eigenvalue weighted by Gasteiger charge is -2.33. The number of unbranched alkanes of at least 4 members (excludes halogenated alkanes) is 20. The third-order valence-corrected chi connectivity index (χ3v) is 7.82. The van der Waals surface area contributed by atoms with Gasteiger partial charge in [0, 0.05) is 25.5 Å². The third-order valence-electron chi connectivity index (χ3n) is 7.82. The van der Waals surface area contributed by atoms with Gasteiger partial charge in [0.05, 0.1) is 0 Å². The zero-order valence-corrected chi connectivity index (χ0v) is 24.0. The molecule has 0 amide bonds. The molecule has 1 atom stereocenters. The van der Waals surface area contributed by atoms with E-state index in [4.69, 9.17) is 0 Å². The van der Waals surface area contributed by atoms with E-state index in [0.717, 1.165) is 0 Å². The topological polar surface area (TPSA) is 6.48 Å². The van der Waals surface area contributed by atoms with Crippen LogP contribution in [0.15, 0.2) is 12.4 Å². The molecule has 0 saturated carbocycles. The number of nitrogens with zero attached hydrogens (tertiary/aromatic N) is 2. The molecule has 2 nitrogen and oxygen atoms in total. The van der Waals surface area contributed by atoms with Gasteiger partial charge in [0.25, 0.3) is 0 Å². The van der Waals surface area contributed by atoms with Crippen molar-refractivity contribution in [1.82, 2.24) is 9.80 Å². The molecule has 1 rings (SSSR count). The Kier molecular flexibility index (Phi) is 22.2. The van der Waals surface area contributed by atoms with Crippen LogP contribution in [0.3, 0.4) is 0 Å². The minimum atomic E-state index is 0.643. The molecule has 202 valence electrons. The summed E-state index contributed by atoms with van der Waals surface area (Å²) in [6.07, 6.45) is 39.5. The van der Waals surface area contributed by atoms with E-state index in [2.05, 4.69) is 43.0 Å². The van der Waals surface area contributed by atoms with Crippen LogP contribution in [0.2, 0.25) is 0 Å². The van der Waals surface area contributed by atoms with Gasteiger partial charge in [-0.1, -0.05) is 149 Å². The first kappa shape index (κ1) is 31.4. The van der Waals surface area contributed by atoms with Crippen LogP contribution in [-0.2, 0) is 0 Å². The minimum Gasteiger partial charge on any atom is -0.356 e. The van der Waals surface area contributed by atoms with Crippen LogP contribution < -0.4 is 0 Å². The van der Waals surface area contributed by atoms with Crippen molar-refractivity contribution in [1.29, 1.82) is 0 Å². The Morgan fingerprint density at radius 2 is 0.676 bits per heavy atom. The van der Waals surface area contributed by atoms with Gasteiger partial charge < -0.3 is 9.80 Å². The normalized spacial score (nSPS) is 15.7. The molecular weight excluding hydrogens is 412 g/mol. The van der Waals surface area contributed by atoms with Crippen LogP contribution in [0, 0.1) is 0 Å². The number of hydrogen-bond donors (Lipinski definition) is 0. The molecule has 0 aromatic carbocycles. The summed E-state index contributed by atoms with van der Waals surface area (Å²) < 4.78 is 0. The second-order valence-electron chi connectivity index (χ2n) is 11.1. The summed E-state index contributed by atoms with van der Waals surface area (Å²) >= 11 is 0. The van der Waals surface area contributed by atoms with Crippen LogP contribution in [0.4, 0.5) is 0 Å². The summed E-state index contributed by atoms with van der Waals surface area (Å²) in [5, 5.41) is 0. The second-order valence-corrected chi connectivity index (χ2v) is 11.1. The van der Waals surface area contributed by atoms with Crippen molar-refractivity contribution < 1.29 is 0 Å². The first-order valence-corrected chi connectivity index (χ1v) is 16.0. The van der Waals surface area contributed by atoms with Gasteiger partial charge in [-0.3, -0.25) is 0 Å². The van der Waals surface area contributed by atoms with Crippen molar-refractivity contribution in [2.75, 3.05) is 13.1 Å². The SMILES string of the molecule is CCCCCCCCCCCCCCCCN1C=CN(CCCCCCCC)C1CCCCC. The molecule has 1 heterocycles. The summed E-state index contributed by atoms with van der Waals surface area (Å²) in [6, 6.07) is 0. The van der Waals surface area contributed by atoms with Crippen molar-refractivity contribution in [3.05, 3.63) is 12.4 Å². The van der Waals surface area contributed by atoms with E-state index in [1.54, 1.807) is 0 Å². The average molecular weight is 477 g/mol. The smallest absolute Gasteiger partial charge is 0.101 e. The maximum Gasteiger partial charge on any atom is 0.101 e. The fourth-order valence-corrected chi connectivity index (χ4v) is 5.48. The molecule has 0 aliphatic carbocycles. The highest BCUT2D eigenvalue weighted by atomic mass is 15.4. The van der Waals surface area contributed by atoms with E-state index in [1.807, 2.05) is 0 Å². The van der Waals surface area contributed by atoms with Gasteiger partial charge in [-0.2, -0.15) is 0 Å². The van der Waals surface area contributed by atoms with Crippen LogP contribution in [0.25, 0.3) is 0 Å². The lowest BCUT2D eigenvalue weighted by atomic mass is 10.0. The van der Waals surface area contributed by atoms with Gasteiger partial charge in [0.2, 0.25) is 0 Å². The number of hydrogen-bond acceptors (Lipinski definition) is 2. The fraction of sp³-hybridized carbons (Fsp3) is 0.938. The molecule has 1 unspecified atom stereocenters.